The van der Waals surface area contributed by atoms with E-state index in [9.17, 15) is 9.59 Å². The van der Waals surface area contributed by atoms with Gasteiger partial charge < -0.3 is 9.73 Å². The summed E-state index contributed by atoms with van der Waals surface area (Å²) in [4.78, 5) is 25.8. The monoisotopic (exact) mass is 465 g/mol. The summed E-state index contributed by atoms with van der Waals surface area (Å²) < 4.78 is 6.27. The molecule has 0 aliphatic carbocycles. The van der Waals surface area contributed by atoms with Crippen molar-refractivity contribution < 1.29 is 9.21 Å². The lowest BCUT2D eigenvalue weighted by molar-refractivity contribution is 0.103. The van der Waals surface area contributed by atoms with Crippen LogP contribution in [-0.4, -0.2) is 5.91 Å². The molecule has 152 valence electrons. The van der Waals surface area contributed by atoms with Crippen molar-refractivity contribution in [3.8, 4) is 11.1 Å². The number of para-hydroxylation sites is 1. The van der Waals surface area contributed by atoms with E-state index in [1.165, 1.54) is 11.3 Å². The molecule has 0 radical (unpaired) electrons. The van der Waals surface area contributed by atoms with Crippen LogP contribution in [0.4, 0.5) is 5.69 Å². The molecule has 0 unspecified atom stereocenters. The van der Waals surface area contributed by atoms with Crippen molar-refractivity contribution in [1.82, 2.24) is 0 Å². The van der Waals surface area contributed by atoms with E-state index in [0.717, 1.165) is 15.5 Å². The number of hydrogen-bond donors (Lipinski definition) is 1. The number of thiophene rings is 1. The molecule has 2 aromatic heterocycles. The zero-order valence-electron chi connectivity index (χ0n) is 15.8. The van der Waals surface area contributed by atoms with E-state index in [-0.39, 0.29) is 5.91 Å². The lowest BCUT2D eigenvalue weighted by Gasteiger charge is -2.07. The summed E-state index contributed by atoms with van der Waals surface area (Å²) in [6, 6.07) is 21.5. The topological polar surface area (TPSA) is 59.3 Å². The fraction of sp³-hybridized carbons (Fsp3) is 0. The molecule has 0 atom stereocenters. The van der Waals surface area contributed by atoms with Gasteiger partial charge in [-0.15, -0.1) is 11.3 Å². The largest absolute Gasteiger partial charge is 0.422 e. The molecule has 1 amide bonds. The van der Waals surface area contributed by atoms with Crippen LogP contribution in [0.3, 0.4) is 0 Å². The third kappa shape index (κ3) is 3.72. The van der Waals surface area contributed by atoms with Crippen LogP contribution in [0.1, 0.15) is 9.67 Å². The minimum atomic E-state index is -0.438. The number of hydrogen-bond acceptors (Lipinski definition) is 4. The maximum absolute atomic E-state index is 12.9. The van der Waals surface area contributed by atoms with Crippen LogP contribution >= 0.6 is 34.5 Å². The average molecular weight is 466 g/mol. The minimum Gasteiger partial charge on any atom is -0.422 e. The molecule has 1 N–H and O–H groups in total. The van der Waals surface area contributed by atoms with Crippen LogP contribution < -0.4 is 10.9 Å². The van der Waals surface area contributed by atoms with Gasteiger partial charge in [-0.3, -0.25) is 4.79 Å². The van der Waals surface area contributed by atoms with Gasteiger partial charge in [0.15, 0.2) is 0 Å². The Morgan fingerprint density at radius 3 is 2.65 bits per heavy atom. The Kier molecular flexibility index (Phi) is 5.02. The first-order valence-corrected chi connectivity index (χ1v) is 10.9. The average Bonchev–Trinajstić information content (AvgIpc) is 3.09. The van der Waals surface area contributed by atoms with Crippen molar-refractivity contribution in [2.24, 2.45) is 0 Å². The smallest absolute Gasteiger partial charge is 0.344 e. The molecule has 3 aromatic carbocycles. The van der Waals surface area contributed by atoms with Crippen LogP contribution in [0.25, 0.3) is 32.2 Å². The first-order valence-electron chi connectivity index (χ1n) is 9.32. The van der Waals surface area contributed by atoms with Crippen LogP contribution in [0.2, 0.25) is 10.0 Å². The summed E-state index contributed by atoms with van der Waals surface area (Å²) in [6.07, 6.45) is 0. The van der Waals surface area contributed by atoms with Crippen molar-refractivity contribution >= 4 is 67.2 Å². The predicted octanol–water partition coefficient (Wildman–Crippen LogP) is 7.23. The molecule has 0 fully saturated rings. The van der Waals surface area contributed by atoms with Crippen LogP contribution in [0.5, 0.6) is 0 Å². The minimum absolute atomic E-state index is 0.329. The van der Waals surface area contributed by atoms with Gasteiger partial charge in [-0.05, 0) is 42.0 Å². The normalized spacial score (nSPS) is 11.2. The number of halogens is 2. The number of nitrogens with one attached hydrogen (secondary N) is 1. The van der Waals surface area contributed by atoms with Gasteiger partial charge in [0.05, 0.1) is 10.6 Å². The Labute approximate surface area is 190 Å². The second-order valence-corrected chi connectivity index (χ2v) is 8.77. The predicted molar refractivity (Wildman–Crippen MR) is 128 cm³/mol. The lowest BCUT2D eigenvalue weighted by atomic mass is 10.1. The third-order valence-electron chi connectivity index (χ3n) is 4.87. The van der Waals surface area contributed by atoms with Crippen LogP contribution in [-0.2, 0) is 0 Å². The van der Waals surface area contributed by atoms with E-state index in [1.54, 1.807) is 54.6 Å². The zero-order valence-corrected chi connectivity index (χ0v) is 18.1. The van der Waals surface area contributed by atoms with Crippen LogP contribution in [0.15, 0.2) is 82.0 Å². The van der Waals surface area contributed by atoms with E-state index in [0.29, 0.717) is 37.3 Å². The number of rotatable bonds is 3. The SMILES string of the molecule is O=C(Nc1cccc(-c2cc3ccccc3oc2=O)c1)c1sc2cc(Cl)ccc2c1Cl. The Morgan fingerprint density at radius 2 is 1.77 bits per heavy atom. The Morgan fingerprint density at radius 1 is 0.935 bits per heavy atom. The van der Waals surface area contributed by atoms with E-state index >= 15 is 0 Å². The van der Waals surface area contributed by atoms with Gasteiger partial charge in [0.1, 0.15) is 10.5 Å². The molecular formula is C24H13Cl2NO3S. The van der Waals surface area contributed by atoms with Gasteiger partial charge in [0.25, 0.3) is 5.91 Å². The Balaban J connectivity index is 1.49. The van der Waals surface area contributed by atoms with Gasteiger partial charge in [-0.25, -0.2) is 4.79 Å². The van der Waals surface area contributed by atoms with E-state index in [1.807, 2.05) is 18.2 Å². The first-order chi connectivity index (χ1) is 15.0. The van der Waals surface area contributed by atoms with Crippen molar-refractivity contribution in [3.05, 3.63) is 98.1 Å². The molecule has 0 aliphatic rings. The molecule has 0 spiro atoms. The summed E-state index contributed by atoms with van der Waals surface area (Å²) in [5.41, 5.74) is 1.70. The Hall–Kier alpha value is -3.12. The highest BCUT2D eigenvalue weighted by Crippen LogP contribution is 2.37. The second kappa shape index (κ2) is 7.85. The van der Waals surface area contributed by atoms with Crippen molar-refractivity contribution in [3.63, 3.8) is 0 Å². The van der Waals surface area contributed by atoms with Gasteiger partial charge in [0.2, 0.25) is 0 Å². The van der Waals surface area contributed by atoms with Crippen molar-refractivity contribution in [1.29, 1.82) is 0 Å². The number of fused-ring (bicyclic) bond motifs is 2. The molecular weight excluding hydrogens is 453 g/mol. The van der Waals surface area contributed by atoms with Gasteiger partial charge >= 0.3 is 5.63 Å². The summed E-state index contributed by atoms with van der Waals surface area (Å²) >= 11 is 13.7. The number of carbonyl (C=O) groups excluding carboxylic acids is 1. The van der Waals surface area contributed by atoms with Crippen molar-refractivity contribution in [2.45, 2.75) is 0 Å². The number of carbonyl (C=O) groups is 1. The molecule has 0 bridgehead atoms. The maximum atomic E-state index is 12.9. The third-order valence-corrected chi connectivity index (χ3v) is 6.76. The maximum Gasteiger partial charge on any atom is 0.344 e. The summed E-state index contributed by atoms with van der Waals surface area (Å²) in [5, 5.41) is 5.44. The van der Waals surface area contributed by atoms with E-state index in [2.05, 4.69) is 5.32 Å². The van der Waals surface area contributed by atoms with E-state index in [4.69, 9.17) is 27.6 Å². The fourth-order valence-electron chi connectivity index (χ4n) is 3.40. The number of amides is 1. The summed E-state index contributed by atoms with van der Waals surface area (Å²) in [7, 11) is 0. The molecule has 0 saturated carbocycles. The summed E-state index contributed by atoms with van der Waals surface area (Å²) in [5.74, 6) is -0.329. The highest BCUT2D eigenvalue weighted by molar-refractivity contribution is 7.21. The molecule has 2 heterocycles. The van der Waals surface area contributed by atoms with E-state index < -0.39 is 5.63 Å². The van der Waals surface area contributed by atoms with Gasteiger partial charge in [-0.2, -0.15) is 0 Å². The molecule has 5 aromatic rings. The second-order valence-electron chi connectivity index (χ2n) is 6.91. The standard InChI is InChI=1S/C24H13Cl2NO3S/c25-15-8-9-17-20(12-15)31-22(21(17)26)23(28)27-16-6-3-5-13(10-16)18-11-14-4-1-2-7-19(14)30-24(18)29/h1-12H,(H,27,28). The molecule has 5 rings (SSSR count). The zero-order chi connectivity index (χ0) is 21.5. The molecule has 0 saturated heterocycles. The Bertz CT molecular complexity index is 1540. The van der Waals surface area contributed by atoms with Crippen LogP contribution in [0, 0.1) is 0 Å². The molecule has 31 heavy (non-hydrogen) atoms. The fourth-order valence-corrected chi connectivity index (χ4v) is 5.09. The van der Waals surface area contributed by atoms with Gasteiger partial charge in [0, 0.05) is 26.2 Å². The lowest BCUT2D eigenvalue weighted by Crippen LogP contribution is -2.11. The molecule has 4 nitrogen and oxygen atoms in total. The molecule has 0 aliphatic heterocycles. The highest BCUT2D eigenvalue weighted by atomic mass is 35.5. The van der Waals surface area contributed by atoms with Gasteiger partial charge in [-0.1, -0.05) is 59.6 Å². The number of anilines is 1. The highest BCUT2D eigenvalue weighted by Gasteiger charge is 2.18. The summed E-state index contributed by atoms with van der Waals surface area (Å²) in [6.45, 7) is 0. The molecule has 7 heteroatoms. The quantitative estimate of drug-likeness (QED) is 0.285. The van der Waals surface area contributed by atoms with Crippen molar-refractivity contribution in [2.75, 3.05) is 5.32 Å². The first kappa shape index (κ1) is 19.8. The number of benzene rings is 3.